The lowest BCUT2D eigenvalue weighted by Crippen LogP contribution is -2.40. The van der Waals surface area contributed by atoms with Crippen LogP contribution in [-0.2, 0) is 24.4 Å². The van der Waals surface area contributed by atoms with E-state index in [9.17, 15) is 16.8 Å². The Bertz CT molecular complexity index is 682. The molecule has 2 saturated carbocycles. The Morgan fingerprint density at radius 3 is 1.79 bits per heavy atom. The summed E-state index contributed by atoms with van der Waals surface area (Å²) in [7, 11) is -7.20. The Morgan fingerprint density at radius 2 is 1.46 bits per heavy atom. The second-order valence-electron chi connectivity index (χ2n) is 7.20. The Labute approximate surface area is 143 Å². The van der Waals surface area contributed by atoms with Crippen molar-refractivity contribution in [2.45, 2.75) is 45.6 Å². The molecule has 0 atom stereocenters. The number of nitriles is 2. The first-order valence-corrected chi connectivity index (χ1v) is 10.8. The van der Waals surface area contributed by atoms with E-state index in [2.05, 4.69) is 12.1 Å². The van der Waals surface area contributed by atoms with Gasteiger partial charge in [-0.15, -0.1) is 0 Å². The van der Waals surface area contributed by atoms with Gasteiger partial charge < -0.3 is 0 Å². The maximum absolute atomic E-state index is 10.6. The van der Waals surface area contributed by atoms with Crippen LogP contribution in [0.1, 0.15) is 39.5 Å². The molecule has 0 unspecified atom stereocenters. The minimum absolute atomic E-state index is 0.0374. The van der Waals surface area contributed by atoms with Crippen LogP contribution >= 0.6 is 0 Å². The Balaban J connectivity index is 0.000000240. The van der Waals surface area contributed by atoms with Crippen LogP contribution in [0.5, 0.6) is 0 Å². The molecule has 0 amide bonds. The summed E-state index contributed by atoms with van der Waals surface area (Å²) >= 11 is 0. The van der Waals surface area contributed by atoms with Crippen molar-refractivity contribution in [3.8, 4) is 12.1 Å². The molecule has 2 rings (SSSR count). The minimum atomic E-state index is -3.85. The van der Waals surface area contributed by atoms with Crippen LogP contribution in [0.15, 0.2) is 0 Å². The zero-order valence-corrected chi connectivity index (χ0v) is 15.5. The van der Waals surface area contributed by atoms with Crippen LogP contribution in [0.4, 0.5) is 0 Å². The van der Waals surface area contributed by atoms with Crippen LogP contribution in [0.2, 0.25) is 0 Å². The normalized spacial score (nSPS) is 35.2. The summed E-state index contributed by atoms with van der Waals surface area (Å²) in [4.78, 5) is 0. The van der Waals surface area contributed by atoms with Gasteiger partial charge >= 0.3 is 0 Å². The van der Waals surface area contributed by atoms with Crippen LogP contribution in [0, 0.1) is 39.4 Å². The van der Waals surface area contributed by atoms with Gasteiger partial charge in [-0.1, -0.05) is 0 Å². The first-order chi connectivity index (χ1) is 10.7. The minimum Gasteiger partial charge on any atom is -0.286 e. The maximum atomic E-state index is 10.6. The fraction of sp³-hybridized carbons (Fsp3) is 0.857. The molecule has 2 aliphatic carbocycles. The van der Waals surface area contributed by atoms with Crippen molar-refractivity contribution < 1.29 is 25.6 Å². The molecule has 0 saturated heterocycles. The second kappa shape index (κ2) is 6.96. The molecule has 0 spiro atoms. The standard InChI is InChI=1S/2C7H11NO3S/c1-7(5-8)3-6(4-7)11-12(2,9)10;1-7(5-8)2-6(3-7)4-12(9,10)11/h6H,3-4H2,1-2H3;6H,2-4H2,1H3,(H,9,10,11). The molecule has 0 aromatic heterocycles. The van der Waals surface area contributed by atoms with Gasteiger partial charge in [-0.05, 0) is 45.4 Å². The molecule has 0 aromatic carbocycles. The van der Waals surface area contributed by atoms with E-state index in [0.29, 0.717) is 25.7 Å². The zero-order valence-electron chi connectivity index (χ0n) is 13.9. The lowest BCUT2D eigenvalue weighted by Gasteiger charge is -2.39. The third-order valence-corrected chi connectivity index (χ3v) is 5.65. The number of hydrogen-bond donors (Lipinski definition) is 1. The molecule has 2 fully saturated rings. The van der Waals surface area contributed by atoms with E-state index >= 15 is 0 Å². The first-order valence-electron chi connectivity index (χ1n) is 7.35. The smallest absolute Gasteiger partial charge is 0.265 e. The molecule has 1 N–H and O–H groups in total. The Morgan fingerprint density at radius 1 is 1.04 bits per heavy atom. The Kier molecular flexibility index (Phi) is 6.05. The lowest BCUT2D eigenvalue weighted by atomic mass is 9.65. The maximum Gasteiger partial charge on any atom is 0.265 e. The summed E-state index contributed by atoms with van der Waals surface area (Å²) in [6, 6.07) is 4.24. The summed E-state index contributed by atoms with van der Waals surface area (Å²) in [5.41, 5.74) is -0.745. The third kappa shape index (κ3) is 6.73. The van der Waals surface area contributed by atoms with Crippen LogP contribution < -0.4 is 0 Å². The van der Waals surface area contributed by atoms with Crippen molar-refractivity contribution in [1.82, 2.24) is 0 Å². The van der Waals surface area contributed by atoms with Gasteiger partial charge in [0.25, 0.3) is 20.2 Å². The van der Waals surface area contributed by atoms with Gasteiger partial charge in [-0.3, -0.25) is 8.74 Å². The van der Waals surface area contributed by atoms with Crippen molar-refractivity contribution in [2.24, 2.45) is 16.7 Å². The van der Waals surface area contributed by atoms with E-state index in [1.54, 1.807) is 13.8 Å². The van der Waals surface area contributed by atoms with E-state index in [4.69, 9.17) is 19.3 Å². The van der Waals surface area contributed by atoms with Crippen LogP contribution in [-0.4, -0.2) is 39.5 Å². The SMILES string of the molecule is CC1(C#N)CC(CS(=O)(=O)O)C1.CC1(C#N)CC(OS(C)(=O)=O)C1. The van der Waals surface area contributed by atoms with Gasteiger partial charge in [0.1, 0.15) is 0 Å². The van der Waals surface area contributed by atoms with Gasteiger partial charge in [-0.2, -0.15) is 27.4 Å². The average Bonchev–Trinajstić information content (AvgIpc) is 2.32. The number of nitrogens with zero attached hydrogens (tertiary/aromatic N) is 2. The predicted molar refractivity (Wildman–Crippen MR) is 85.5 cm³/mol. The molecule has 136 valence electrons. The highest BCUT2D eigenvalue weighted by Crippen LogP contribution is 2.45. The van der Waals surface area contributed by atoms with Crippen molar-refractivity contribution in [3.63, 3.8) is 0 Å². The molecule has 0 aliphatic heterocycles. The predicted octanol–water partition coefficient (Wildman–Crippen LogP) is 1.47. The summed E-state index contributed by atoms with van der Waals surface area (Å²) in [5, 5.41) is 17.2. The Hall–Kier alpha value is -1.20. The number of rotatable bonds is 4. The van der Waals surface area contributed by atoms with E-state index in [1.165, 1.54) is 0 Å². The van der Waals surface area contributed by atoms with Crippen molar-refractivity contribution in [3.05, 3.63) is 0 Å². The van der Waals surface area contributed by atoms with Gasteiger partial charge in [-0.25, -0.2) is 0 Å². The highest BCUT2D eigenvalue weighted by molar-refractivity contribution is 7.86. The fourth-order valence-corrected chi connectivity index (χ4v) is 4.54. The van der Waals surface area contributed by atoms with Gasteiger partial charge in [0.15, 0.2) is 0 Å². The van der Waals surface area contributed by atoms with E-state index in [1.807, 2.05) is 0 Å². The molecule has 0 heterocycles. The summed E-state index contributed by atoms with van der Waals surface area (Å²) in [5.74, 6) is -0.241. The molecular weight excluding hydrogens is 356 g/mol. The molecule has 0 aromatic rings. The number of hydrogen-bond acceptors (Lipinski definition) is 7. The molecule has 0 radical (unpaired) electrons. The highest BCUT2D eigenvalue weighted by atomic mass is 32.2. The third-order valence-electron chi connectivity index (χ3n) is 4.13. The van der Waals surface area contributed by atoms with E-state index in [0.717, 1.165) is 6.26 Å². The van der Waals surface area contributed by atoms with Gasteiger partial charge in [0.05, 0.1) is 41.1 Å². The van der Waals surface area contributed by atoms with Crippen molar-refractivity contribution in [2.75, 3.05) is 12.0 Å². The van der Waals surface area contributed by atoms with Gasteiger partial charge in [0, 0.05) is 0 Å². The molecule has 8 nitrogen and oxygen atoms in total. The molecular formula is C14H22N2O6S2. The highest BCUT2D eigenvalue weighted by Gasteiger charge is 2.43. The van der Waals surface area contributed by atoms with Crippen molar-refractivity contribution >= 4 is 20.2 Å². The summed E-state index contributed by atoms with van der Waals surface area (Å²) in [6.07, 6.45) is 2.90. The summed E-state index contributed by atoms with van der Waals surface area (Å²) < 4.78 is 55.2. The monoisotopic (exact) mass is 378 g/mol. The second-order valence-corrected chi connectivity index (χ2v) is 10.3. The van der Waals surface area contributed by atoms with Crippen LogP contribution in [0.25, 0.3) is 0 Å². The summed E-state index contributed by atoms with van der Waals surface area (Å²) in [6.45, 7) is 3.60. The topological polar surface area (TPSA) is 145 Å². The van der Waals surface area contributed by atoms with E-state index < -0.39 is 20.2 Å². The first kappa shape index (κ1) is 20.8. The van der Waals surface area contributed by atoms with Gasteiger partial charge in [0.2, 0.25) is 0 Å². The largest absolute Gasteiger partial charge is 0.286 e. The van der Waals surface area contributed by atoms with Crippen molar-refractivity contribution in [1.29, 1.82) is 10.5 Å². The molecule has 10 heteroatoms. The molecule has 2 aliphatic rings. The molecule has 0 bridgehead atoms. The van der Waals surface area contributed by atoms with E-state index in [-0.39, 0.29) is 28.6 Å². The molecule has 24 heavy (non-hydrogen) atoms. The average molecular weight is 378 g/mol. The fourth-order valence-electron chi connectivity index (χ4n) is 3.07. The van der Waals surface area contributed by atoms with Crippen LogP contribution in [0.3, 0.4) is 0 Å². The lowest BCUT2D eigenvalue weighted by molar-refractivity contribution is 0.0402. The zero-order chi connectivity index (χ0) is 18.8. The quantitative estimate of drug-likeness (QED) is 0.571.